The molecule has 0 radical (unpaired) electrons. The maximum Gasteiger partial charge on any atom is 0.241 e. The Morgan fingerprint density at radius 1 is 1.32 bits per heavy atom. The second kappa shape index (κ2) is 11.3. The molecule has 7 heteroatoms. The molecule has 4 N–H and O–H groups in total. The predicted octanol–water partition coefficient (Wildman–Crippen LogP) is 1.81. The van der Waals surface area contributed by atoms with Crippen molar-refractivity contribution in [3.63, 3.8) is 0 Å². The van der Waals surface area contributed by atoms with E-state index in [9.17, 15) is 9.59 Å². The van der Waals surface area contributed by atoms with Crippen molar-refractivity contribution in [2.24, 2.45) is 5.73 Å². The number of carbonyl (C=O) groups is 2. The molecule has 0 heterocycles. The fourth-order valence-corrected chi connectivity index (χ4v) is 2.32. The van der Waals surface area contributed by atoms with E-state index in [1.165, 1.54) is 0 Å². The van der Waals surface area contributed by atoms with Gasteiger partial charge >= 0.3 is 0 Å². The maximum atomic E-state index is 12.0. The number of carbonyl (C=O) groups excluding carboxylic acids is 2. The predicted molar refractivity (Wildman–Crippen MR) is 95.7 cm³/mol. The molecule has 124 valence electrons. The Morgan fingerprint density at radius 2 is 2.00 bits per heavy atom. The zero-order chi connectivity index (χ0) is 15.7. The van der Waals surface area contributed by atoms with Crippen LogP contribution in [0.5, 0.6) is 0 Å². The molecule has 0 saturated carbocycles. The van der Waals surface area contributed by atoms with Crippen LogP contribution in [0, 0.1) is 0 Å². The Labute approximate surface area is 142 Å². The smallest absolute Gasteiger partial charge is 0.241 e. The van der Waals surface area contributed by atoms with Gasteiger partial charge in [-0.15, -0.1) is 12.4 Å². The molecule has 0 aliphatic heterocycles. The number of rotatable bonds is 8. The van der Waals surface area contributed by atoms with Crippen molar-refractivity contribution in [3.8, 4) is 0 Å². The topological polar surface area (TPSA) is 84.2 Å². The van der Waals surface area contributed by atoms with Crippen LogP contribution >= 0.6 is 24.2 Å². The summed E-state index contributed by atoms with van der Waals surface area (Å²) in [4.78, 5) is 23.4. The zero-order valence-corrected chi connectivity index (χ0v) is 14.6. The van der Waals surface area contributed by atoms with Gasteiger partial charge in [-0.3, -0.25) is 9.59 Å². The third kappa shape index (κ3) is 7.15. The highest BCUT2D eigenvalue weighted by Gasteiger charge is 2.14. The fraction of sp³-hybridized carbons (Fsp3) is 0.467. The Bertz CT molecular complexity index is 486. The first-order valence-corrected chi connectivity index (χ1v) is 8.31. The summed E-state index contributed by atoms with van der Waals surface area (Å²) in [6.07, 6.45) is 3.60. The second-order valence-corrected chi connectivity index (χ2v) is 5.69. The van der Waals surface area contributed by atoms with Gasteiger partial charge in [-0.25, -0.2) is 0 Å². The van der Waals surface area contributed by atoms with E-state index >= 15 is 0 Å². The quantitative estimate of drug-likeness (QED) is 0.671. The van der Waals surface area contributed by atoms with Gasteiger partial charge in [0.2, 0.25) is 11.8 Å². The van der Waals surface area contributed by atoms with E-state index in [1.54, 1.807) is 18.8 Å². The first-order chi connectivity index (χ1) is 10.1. The van der Waals surface area contributed by atoms with E-state index in [0.29, 0.717) is 19.3 Å². The molecule has 5 nitrogen and oxygen atoms in total. The van der Waals surface area contributed by atoms with Crippen molar-refractivity contribution in [2.45, 2.75) is 25.3 Å². The van der Waals surface area contributed by atoms with Crippen LogP contribution in [-0.2, 0) is 16.0 Å². The van der Waals surface area contributed by atoms with E-state index in [4.69, 9.17) is 5.73 Å². The average molecular weight is 346 g/mol. The van der Waals surface area contributed by atoms with Crippen LogP contribution in [0.2, 0.25) is 0 Å². The highest BCUT2D eigenvalue weighted by atomic mass is 35.5. The molecule has 2 amide bonds. The zero-order valence-electron chi connectivity index (χ0n) is 12.9. The monoisotopic (exact) mass is 345 g/mol. The molecule has 0 bridgehead atoms. The molecule has 0 saturated heterocycles. The second-order valence-electron chi connectivity index (χ2n) is 4.71. The van der Waals surface area contributed by atoms with E-state index in [0.717, 1.165) is 17.0 Å². The maximum absolute atomic E-state index is 12.0. The van der Waals surface area contributed by atoms with Crippen LogP contribution in [0.3, 0.4) is 0 Å². The van der Waals surface area contributed by atoms with Crippen LogP contribution < -0.4 is 16.4 Å². The van der Waals surface area contributed by atoms with E-state index < -0.39 is 6.04 Å². The molecule has 22 heavy (non-hydrogen) atoms. The molecule has 1 aromatic rings. The summed E-state index contributed by atoms with van der Waals surface area (Å²) in [5, 5.41) is 5.44. The van der Waals surface area contributed by atoms with Crippen LogP contribution in [0.1, 0.15) is 18.4 Å². The Balaban J connectivity index is 0.00000441. The van der Waals surface area contributed by atoms with Crippen molar-refractivity contribution >= 4 is 41.7 Å². The van der Waals surface area contributed by atoms with Gasteiger partial charge in [-0.1, -0.05) is 18.2 Å². The summed E-state index contributed by atoms with van der Waals surface area (Å²) >= 11 is 1.67. The highest BCUT2D eigenvalue weighted by molar-refractivity contribution is 7.98. The summed E-state index contributed by atoms with van der Waals surface area (Å²) in [7, 11) is 1.61. The summed E-state index contributed by atoms with van der Waals surface area (Å²) in [6, 6.07) is 6.98. The molecule has 0 fully saturated rings. The standard InChI is InChI=1S/C15H23N3O2S.ClH/c1-17-14(19)8-7-11-5-3-4-6-13(11)18-15(20)12(16)9-10-21-2;/h3-6,12H,7-10,16H2,1-2H3,(H,17,19)(H,18,20);1H/t12-;/m0./s1. The first-order valence-electron chi connectivity index (χ1n) is 6.92. The van der Waals surface area contributed by atoms with Crippen LogP contribution in [0.4, 0.5) is 5.69 Å². The van der Waals surface area contributed by atoms with Gasteiger partial charge in [-0.05, 0) is 36.5 Å². The molecule has 1 aromatic carbocycles. The molecule has 0 spiro atoms. The lowest BCUT2D eigenvalue weighted by atomic mass is 10.1. The summed E-state index contributed by atoms with van der Waals surface area (Å²) in [5.74, 6) is 0.650. The van der Waals surface area contributed by atoms with Gasteiger partial charge in [0.05, 0.1) is 6.04 Å². The number of halogens is 1. The molecule has 0 aliphatic carbocycles. The first kappa shape index (κ1) is 20.8. The van der Waals surface area contributed by atoms with Crippen LogP contribution in [0.25, 0.3) is 0 Å². The minimum absolute atomic E-state index is 0. The number of benzene rings is 1. The molecule has 0 aliphatic rings. The van der Waals surface area contributed by atoms with Crippen molar-refractivity contribution < 1.29 is 9.59 Å². The molecule has 1 atom stereocenters. The molecular formula is C15H24ClN3O2S. The lowest BCUT2D eigenvalue weighted by Crippen LogP contribution is -2.36. The summed E-state index contributed by atoms with van der Waals surface area (Å²) < 4.78 is 0. The molecule has 1 rings (SSSR count). The van der Waals surface area contributed by atoms with Gasteiger partial charge in [0, 0.05) is 19.2 Å². The lowest BCUT2D eigenvalue weighted by molar-refractivity contribution is -0.120. The summed E-state index contributed by atoms with van der Waals surface area (Å²) in [5.41, 5.74) is 7.52. The number of nitrogens with two attached hydrogens (primary N) is 1. The van der Waals surface area contributed by atoms with Gasteiger partial charge in [-0.2, -0.15) is 11.8 Å². The van der Waals surface area contributed by atoms with Gasteiger partial charge in [0.15, 0.2) is 0 Å². The minimum atomic E-state index is -0.510. The van der Waals surface area contributed by atoms with E-state index in [-0.39, 0.29) is 24.2 Å². The number of thioether (sulfide) groups is 1. The molecule has 0 unspecified atom stereocenters. The van der Waals surface area contributed by atoms with Gasteiger partial charge in [0.1, 0.15) is 0 Å². The largest absolute Gasteiger partial charge is 0.359 e. The van der Waals surface area contributed by atoms with Crippen LogP contribution in [0.15, 0.2) is 24.3 Å². The van der Waals surface area contributed by atoms with Crippen molar-refractivity contribution in [3.05, 3.63) is 29.8 Å². The average Bonchev–Trinajstić information content (AvgIpc) is 2.51. The number of nitrogens with one attached hydrogen (secondary N) is 2. The normalized spacial score (nSPS) is 11.2. The van der Waals surface area contributed by atoms with E-state index in [1.807, 2.05) is 30.5 Å². The lowest BCUT2D eigenvalue weighted by Gasteiger charge is -2.14. The van der Waals surface area contributed by atoms with Crippen molar-refractivity contribution in [1.29, 1.82) is 0 Å². The van der Waals surface area contributed by atoms with Crippen molar-refractivity contribution in [1.82, 2.24) is 5.32 Å². The fourth-order valence-electron chi connectivity index (χ4n) is 1.83. The Kier molecular flexibility index (Phi) is 10.7. The minimum Gasteiger partial charge on any atom is -0.359 e. The number of hydrogen-bond acceptors (Lipinski definition) is 4. The number of aryl methyl sites for hydroxylation is 1. The Morgan fingerprint density at radius 3 is 2.64 bits per heavy atom. The number of anilines is 1. The van der Waals surface area contributed by atoms with E-state index in [2.05, 4.69) is 10.6 Å². The number of amides is 2. The number of para-hydroxylation sites is 1. The number of hydrogen-bond donors (Lipinski definition) is 3. The molecule has 0 aromatic heterocycles. The Hall–Kier alpha value is -1.24. The third-order valence-electron chi connectivity index (χ3n) is 3.15. The summed E-state index contributed by atoms with van der Waals surface area (Å²) in [6.45, 7) is 0. The molecular weight excluding hydrogens is 322 g/mol. The third-order valence-corrected chi connectivity index (χ3v) is 3.79. The van der Waals surface area contributed by atoms with Gasteiger partial charge in [0.25, 0.3) is 0 Å². The van der Waals surface area contributed by atoms with Crippen molar-refractivity contribution in [2.75, 3.05) is 24.4 Å². The van der Waals surface area contributed by atoms with Crippen LogP contribution in [-0.4, -0.2) is 36.9 Å². The highest BCUT2D eigenvalue weighted by Crippen LogP contribution is 2.17. The van der Waals surface area contributed by atoms with Gasteiger partial charge < -0.3 is 16.4 Å². The SMILES string of the molecule is CNC(=O)CCc1ccccc1NC(=O)[C@@H](N)CCSC.Cl.